The fourth-order valence-electron chi connectivity index (χ4n) is 1.94. The van der Waals surface area contributed by atoms with Crippen molar-refractivity contribution in [3.8, 4) is 0 Å². The SMILES string of the molecule is CCCC(OC)C(N)c1c(C)ccnc1N. The number of hydrogen-bond acceptors (Lipinski definition) is 4. The van der Waals surface area contributed by atoms with Crippen molar-refractivity contribution in [1.82, 2.24) is 4.98 Å². The van der Waals surface area contributed by atoms with Crippen molar-refractivity contribution >= 4 is 5.82 Å². The van der Waals surface area contributed by atoms with E-state index in [1.165, 1.54) is 0 Å². The second-order valence-electron chi connectivity index (χ2n) is 4.02. The lowest BCUT2D eigenvalue weighted by Crippen LogP contribution is -2.29. The molecule has 4 nitrogen and oxygen atoms in total. The molecular formula is C12H21N3O. The number of anilines is 1. The summed E-state index contributed by atoms with van der Waals surface area (Å²) in [5.41, 5.74) is 14.0. The van der Waals surface area contributed by atoms with Gasteiger partial charge in [-0.05, 0) is 25.0 Å². The zero-order valence-electron chi connectivity index (χ0n) is 10.2. The van der Waals surface area contributed by atoms with Gasteiger partial charge in [-0.1, -0.05) is 13.3 Å². The van der Waals surface area contributed by atoms with Gasteiger partial charge in [-0.3, -0.25) is 0 Å². The van der Waals surface area contributed by atoms with Gasteiger partial charge >= 0.3 is 0 Å². The van der Waals surface area contributed by atoms with E-state index in [-0.39, 0.29) is 12.1 Å². The zero-order chi connectivity index (χ0) is 12.1. The van der Waals surface area contributed by atoms with Gasteiger partial charge in [0.05, 0.1) is 12.1 Å². The first-order valence-electron chi connectivity index (χ1n) is 5.61. The largest absolute Gasteiger partial charge is 0.383 e. The van der Waals surface area contributed by atoms with Gasteiger partial charge in [0.1, 0.15) is 5.82 Å². The van der Waals surface area contributed by atoms with E-state index in [1.807, 2.05) is 13.0 Å². The van der Waals surface area contributed by atoms with Crippen LogP contribution in [0.4, 0.5) is 5.82 Å². The number of nitrogens with zero attached hydrogens (tertiary/aromatic N) is 1. The van der Waals surface area contributed by atoms with Crippen LogP contribution in [0.25, 0.3) is 0 Å². The molecule has 1 heterocycles. The van der Waals surface area contributed by atoms with Crippen molar-refractivity contribution in [1.29, 1.82) is 0 Å². The Balaban J connectivity index is 2.98. The van der Waals surface area contributed by atoms with Gasteiger partial charge in [-0.25, -0.2) is 4.98 Å². The first-order chi connectivity index (χ1) is 7.61. The molecule has 0 aliphatic carbocycles. The van der Waals surface area contributed by atoms with Gasteiger partial charge in [0.2, 0.25) is 0 Å². The number of rotatable bonds is 5. The Morgan fingerprint density at radius 2 is 2.19 bits per heavy atom. The van der Waals surface area contributed by atoms with Crippen LogP contribution >= 0.6 is 0 Å². The molecule has 4 N–H and O–H groups in total. The molecule has 1 rings (SSSR count). The zero-order valence-corrected chi connectivity index (χ0v) is 10.2. The molecule has 4 heteroatoms. The maximum Gasteiger partial charge on any atom is 0.128 e. The average molecular weight is 223 g/mol. The second-order valence-corrected chi connectivity index (χ2v) is 4.02. The minimum atomic E-state index is -0.210. The van der Waals surface area contributed by atoms with Gasteiger partial charge in [0.15, 0.2) is 0 Å². The van der Waals surface area contributed by atoms with Crippen LogP contribution < -0.4 is 11.5 Å². The van der Waals surface area contributed by atoms with E-state index in [1.54, 1.807) is 13.3 Å². The predicted molar refractivity (Wildman–Crippen MR) is 66.0 cm³/mol. The van der Waals surface area contributed by atoms with Crippen molar-refractivity contribution in [3.63, 3.8) is 0 Å². The number of ether oxygens (including phenoxy) is 1. The molecule has 0 aromatic carbocycles. The molecule has 90 valence electrons. The van der Waals surface area contributed by atoms with Crippen LogP contribution in [0, 0.1) is 6.92 Å². The topological polar surface area (TPSA) is 74.2 Å². The Kier molecular flexibility index (Phi) is 4.71. The third-order valence-corrected chi connectivity index (χ3v) is 2.85. The van der Waals surface area contributed by atoms with E-state index >= 15 is 0 Å². The van der Waals surface area contributed by atoms with E-state index in [9.17, 15) is 0 Å². The monoisotopic (exact) mass is 223 g/mol. The van der Waals surface area contributed by atoms with E-state index in [2.05, 4.69) is 11.9 Å². The smallest absolute Gasteiger partial charge is 0.128 e. The van der Waals surface area contributed by atoms with Crippen molar-refractivity contribution in [2.45, 2.75) is 38.8 Å². The Hall–Kier alpha value is -1.13. The summed E-state index contributed by atoms with van der Waals surface area (Å²) in [5.74, 6) is 0.505. The number of nitrogen functional groups attached to an aromatic ring is 1. The molecule has 0 bridgehead atoms. The van der Waals surface area contributed by atoms with Gasteiger partial charge in [0.25, 0.3) is 0 Å². The molecule has 2 unspecified atom stereocenters. The minimum Gasteiger partial charge on any atom is -0.383 e. The minimum absolute atomic E-state index is 0.00444. The van der Waals surface area contributed by atoms with Crippen molar-refractivity contribution in [3.05, 3.63) is 23.4 Å². The van der Waals surface area contributed by atoms with Crippen LogP contribution in [-0.4, -0.2) is 18.2 Å². The summed E-state index contributed by atoms with van der Waals surface area (Å²) < 4.78 is 5.41. The molecule has 16 heavy (non-hydrogen) atoms. The number of methoxy groups -OCH3 is 1. The van der Waals surface area contributed by atoms with Gasteiger partial charge in [-0.15, -0.1) is 0 Å². The third-order valence-electron chi connectivity index (χ3n) is 2.85. The lowest BCUT2D eigenvalue weighted by Gasteiger charge is -2.24. The highest BCUT2D eigenvalue weighted by Crippen LogP contribution is 2.26. The van der Waals surface area contributed by atoms with Crippen LogP contribution in [0.2, 0.25) is 0 Å². The van der Waals surface area contributed by atoms with Crippen LogP contribution in [-0.2, 0) is 4.74 Å². The lowest BCUT2D eigenvalue weighted by molar-refractivity contribution is 0.0724. The number of hydrogen-bond donors (Lipinski definition) is 2. The molecule has 0 amide bonds. The summed E-state index contributed by atoms with van der Waals surface area (Å²) in [6.07, 6.45) is 3.65. The van der Waals surface area contributed by atoms with Crippen LogP contribution in [0.3, 0.4) is 0 Å². The van der Waals surface area contributed by atoms with Crippen molar-refractivity contribution in [2.24, 2.45) is 5.73 Å². The van der Waals surface area contributed by atoms with Crippen molar-refractivity contribution < 1.29 is 4.74 Å². The summed E-state index contributed by atoms with van der Waals surface area (Å²) >= 11 is 0. The predicted octanol–water partition coefficient (Wildman–Crippen LogP) is 1.79. The molecule has 1 aromatic heterocycles. The summed E-state index contributed by atoms with van der Waals surface area (Å²) in [5, 5.41) is 0. The highest BCUT2D eigenvalue weighted by Gasteiger charge is 2.22. The fourth-order valence-corrected chi connectivity index (χ4v) is 1.94. The van der Waals surface area contributed by atoms with E-state index < -0.39 is 0 Å². The molecule has 0 saturated heterocycles. The maximum absolute atomic E-state index is 6.19. The molecule has 0 fully saturated rings. The first kappa shape index (κ1) is 12.9. The van der Waals surface area contributed by atoms with E-state index in [0.29, 0.717) is 5.82 Å². The normalized spacial score (nSPS) is 14.8. The summed E-state index contributed by atoms with van der Waals surface area (Å²) in [6.45, 7) is 4.10. The molecular weight excluding hydrogens is 202 g/mol. The highest BCUT2D eigenvalue weighted by molar-refractivity contribution is 5.46. The standard InChI is InChI=1S/C12H21N3O/c1-4-5-9(16-3)11(13)10-8(2)6-7-15-12(10)14/h6-7,9,11H,4-5,13H2,1-3H3,(H2,14,15). The van der Waals surface area contributed by atoms with Gasteiger partial charge in [-0.2, -0.15) is 0 Å². The number of aryl methyl sites for hydroxylation is 1. The highest BCUT2D eigenvalue weighted by atomic mass is 16.5. The number of nitrogens with two attached hydrogens (primary N) is 2. The maximum atomic E-state index is 6.19. The van der Waals surface area contributed by atoms with Crippen LogP contribution in [0.5, 0.6) is 0 Å². The van der Waals surface area contributed by atoms with Gasteiger partial charge in [0, 0.05) is 18.9 Å². The summed E-state index contributed by atoms with van der Waals surface area (Å²) in [4.78, 5) is 4.08. The van der Waals surface area contributed by atoms with E-state index in [4.69, 9.17) is 16.2 Å². The number of aromatic nitrogens is 1. The molecule has 2 atom stereocenters. The lowest BCUT2D eigenvalue weighted by atomic mass is 9.96. The van der Waals surface area contributed by atoms with Crippen LogP contribution in [0.1, 0.15) is 36.9 Å². The molecule has 1 aromatic rings. The summed E-state index contributed by atoms with van der Waals surface area (Å²) in [6, 6.07) is 1.71. The average Bonchev–Trinajstić information content (AvgIpc) is 2.25. The molecule has 0 radical (unpaired) electrons. The van der Waals surface area contributed by atoms with Gasteiger partial charge < -0.3 is 16.2 Å². The molecule has 0 aliphatic heterocycles. The third kappa shape index (κ3) is 2.71. The molecule has 0 spiro atoms. The quantitative estimate of drug-likeness (QED) is 0.798. The summed E-state index contributed by atoms with van der Waals surface area (Å²) in [7, 11) is 1.68. The van der Waals surface area contributed by atoms with Crippen LogP contribution in [0.15, 0.2) is 12.3 Å². The molecule has 0 saturated carbocycles. The van der Waals surface area contributed by atoms with Crippen molar-refractivity contribution in [2.75, 3.05) is 12.8 Å². The first-order valence-corrected chi connectivity index (χ1v) is 5.61. The molecule has 0 aliphatic rings. The Morgan fingerprint density at radius 3 is 2.69 bits per heavy atom. The Labute approximate surface area is 97.0 Å². The fraction of sp³-hybridized carbons (Fsp3) is 0.583. The van der Waals surface area contributed by atoms with E-state index in [0.717, 1.165) is 24.0 Å². The second kappa shape index (κ2) is 5.82. The number of pyridine rings is 1. The Bertz CT molecular complexity index is 321. The Morgan fingerprint density at radius 1 is 1.50 bits per heavy atom.